The predicted molar refractivity (Wildman–Crippen MR) is 94.7 cm³/mol. The van der Waals surface area contributed by atoms with Crippen LogP contribution >= 0.6 is 23.2 Å². The lowest BCUT2D eigenvalue weighted by atomic mass is 9.87. The molecule has 11 heteroatoms. The molecule has 3 rings (SSSR count). The minimum Gasteiger partial charge on any atom is -0.404 e. The third kappa shape index (κ3) is 3.64. The molecule has 0 radical (unpaired) electrons. The zero-order valence-electron chi connectivity index (χ0n) is 13.5. The molecule has 26 heavy (non-hydrogen) atoms. The van der Waals surface area contributed by atoms with Crippen molar-refractivity contribution in [1.82, 2.24) is 0 Å². The van der Waals surface area contributed by atoms with Crippen LogP contribution in [-0.2, 0) is 0 Å². The molecule has 6 nitrogen and oxygen atoms in total. The number of anilines is 1. The Morgan fingerprint density at radius 3 is 2.38 bits per heavy atom. The molecular weight excluding hydrogens is 394 g/mol. The molecule has 4 N–H and O–H groups in total. The molecule has 0 atom stereocenters. The number of aliphatic imine (C=N–C) groups is 2. The van der Waals surface area contributed by atoms with Gasteiger partial charge in [0.1, 0.15) is 10.7 Å². The summed E-state index contributed by atoms with van der Waals surface area (Å²) < 4.78 is 42.0. The number of alkyl halides is 3. The first-order valence-electron chi connectivity index (χ1n) is 7.86. The van der Waals surface area contributed by atoms with Gasteiger partial charge in [0.05, 0.1) is 10.7 Å². The molecule has 1 spiro atoms. The van der Waals surface area contributed by atoms with E-state index in [0.717, 1.165) is 25.3 Å². The third-order valence-corrected chi connectivity index (χ3v) is 5.10. The van der Waals surface area contributed by atoms with Gasteiger partial charge in [-0.1, -0.05) is 29.6 Å². The number of nitrogens with zero attached hydrogens (tertiary/aromatic N) is 3. The van der Waals surface area contributed by atoms with Crippen molar-refractivity contribution < 1.29 is 17.9 Å². The minimum absolute atomic E-state index is 0.0238. The van der Waals surface area contributed by atoms with Crippen LogP contribution in [0.3, 0.4) is 0 Å². The van der Waals surface area contributed by atoms with Crippen LogP contribution < -0.4 is 21.1 Å². The van der Waals surface area contributed by atoms with Gasteiger partial charge in [0, 0.05) is 6.07 Å². The van der Waals surface area contributed by atoms with Crippen LogP contribution in [0.25, 0.3) is 0 Å². The summed E-state index contributed by atoms with van der Waals surface area (Å²) in [6, 6.07) is 2.53. The molecule has 1 aromatic carbocycles. The van der Waals surface area contributed by atoms with Gasteiger partial charge in [0.25, 0.3) is 0 Å². The molecule has 1 saturated carbocycles. The fourth-order valence-electron chi connectivity index (χ4n) is 3.37. The minimum atomic E-state index is -4.92. The second-order valence-corrected chi connectivity index (χ2v) is 6.89. The van der Waals surface area contributed by atoms with E-state index < -0.39 is 17.8 Å². The van der Waals surface area contributed by atoms with Crippen LogP contribution in [0.15, 0.2) is 22.1 Å². The lowest BCUT2D eigenvalue weighted by molar-refractivity contribution is -0.274. The Labute approximate surface area is 157 Å². The number of hydrogen-bond acceptors (Lipinski definition) is 6. The number of benzene rings is 1. The zero-order valence-corrected chi connectivity index (χ0v) is 15.0. The molecule has 1 aromatic rings. The Balaban J connectivity index is 2.10. The first kappa shape index (κ1) is 18.9. The molecular formula is C15H16Cl2F3N5O. The largest absolute Gasteiger partial charge is 0.573 e. The van der Waals surface area contributed by atoms with Crippen molar-refractivity contribution in [2.24, 2.45) is 21.5 Å². The van der Waals surface area contributed by atoms with Gasteiger partial charge in [-0.2, -0.15) is 4.99 Å². The number of rotatable bonds is 2. The van der Waals surface area contributed by atoms with Crippen molar-refractivity contribution in [3.63, 3.8) is 0 Å². The highest BCUT2D eigenvalue weighted by atomic mass is 35.5. The molecule has 0 saturated heterocycles. The van der Waals surface area contributed by atoms with E-state index in [-0.39, 0.29) is 27.7 Å². The van der Waals surface area contributed by atoms with E-state index in [4.69, 9.17) is 34.7 Å². The second-order valence-electron chi connectivity index (χ2n) is 6.11. The van der Waals surface area contributed by atoms with Gasteiger partial charge in [-0.25, -0.2) is 4.99 Å². The van der Waals surface area contributed by atoms with Crippen LogP contribution in [-0.4, -0.2) is 23.9 Å². The summed E-state index contributed by atoms with van der Waals surface area (Å²) in [6.07, 6.45) is -0.912. The van der Waals surface area contributed by atoms with E-state index in [0.29, 0.717) is 12.8 Å². The number of hydrogen-bond donors (Lipinski definition) is 2. The highest BCUT2D eigenvalue weighted by Crippen LogP contribution is 2.44. The average Bonchev–Trinajstić information content (AvgIpc) is 2.50. The van der Waals surface area contributed by atoms with Gasteiger partial charge in [-0.05, 0) is 31.7 Å². The van der Waals surface area contributed by atoms with Crippen LogP contribution in [0.5, 0.6) is 5.75 Å². The van der Waals surface area contributed by atoms with E-state index in [9.17, 15) is 13.2 Å². The normalized spacial score (nSPS) is 20.0. The highest BCUT2D eigenvalue weighted by molar-refractivity contribution is 6.43. The fourth-order valence-corrected chi connectivity index (χ4v) is 3.73. The third-order valence-electron chi connectivity index (χ3n) is 4.31. The summed E-state index contributed by atoms with van der Waals surface area (Å²) in [5, 5.41) is -0.453. The van der Waals surface area contributed by atoms with Gasteiger partial charge < -0.3 is 16.2 Å². The quantitative estimate of drug-likeness (QED) is 0.772. The lowest BCUT2D eigenvalue weighted by Gasteiger charge is -2.45. The van der Waals surface area contributed by atoms with Crippen molar-refractivity contribution in [3.05, 3.63) is 22.2 Å². The van der Waals surface area contributed by atoms with Crippen molar-refractivity contribution in [2.45, 2.75) is 44.1 Å². The Morgan fingerprint density at radius 1 is 1.12 bits per heavy atom. The zero-order chi connectivity index (χ0) is 19.1. The molecule has 0 aromatic heterocycles. The maximum absolute atomic E-state index is 12.7. The number of halogens is 5. The summed E-state index contributed by atoms with van der Waals surface area (Å²) in [4.78, 5) is 9.96. The smallest absolute Gasteiger partial charge is 0.404 e. The first-order valence-corrected chi connectivity index (χ1v) is 8.61. The highest BCUT2D eigenvalue weighted by Gasteiger charge is 2.43. The number of guanidine groups is 2. The van der Waals surface area contributed by atoms with E-state index in [2.05, 4.69) is 14.7 Å². The fraction of sp³-hybridized carbons (Fsp3) is 0.467. The molecule has 1 aliphatic carbocycles. The van der Waals surface area contributed by atoms with Gasteiger partial charge >= 0.3 is 6.36 Å². The van der Waals surface area contributed by atoms with Crippen LogP contribution in [0.1, 0.15) is 32.1 Å². The van der Waals surface area contributed by atoms with Crippen molar-refractivity contribution in [3.8, 4) is 5.75 Å². The van der Waals surface area contributed by atoms with E-state index in [1.165, 1.54) is 6.07 Å². The molecule has 0 unspecified atom stereocenters. The molecule has 142 valence electrons. The van der Waals surface area contributed by atoms with Crippen molar-refractivity contribution in [2.75, 3.05) is 4.90 Å². The van der Waals surface area contributed by atoms with Gasteiger partial charge in [-0.3, -0.25) is 4.90 Å². The number of ether oxygens (including phenoxy) is 1. The summed E-state index contributed by atoms with van der Waals surface area (Å²) in [7, 11) is 0. The molecule has 0 amide bonds. The summed E-state index contributed by atoms with van der Waals surface area (Å²) in [5.74, 6) is -0.564. The summed E-state index contributed by atoms with van der Waals surface area (Å²) >= 11 is 11.9. The van der Waals surface area contributed by atoms with E-state index >= 15 is 0 Å². The van der Waals surface area contributed by atoms with Crippen LogP contribution in [0.2, 0.25) is 10.0 Å². The van der Waals surface area contributed by atoms with E-state index in [1.54, 1.807) is 4.90 Å². The average molecular weight is 410 g/mol. The van der Waals surface area contributed by atoms with Crippen LogP contribution in [0, 0.1) is 0 Å². The Bertz CT molecular complexity index is 775. The first-order chi connectivity index (χ1) is 12.1. The van der Waals surface area contributed by atoms with Crippen molar-refractivity contribution >= 4 is 40.8 Å². The standard InChI is InChI=1S/C15H16Cl2F3N5O/c16-9-6-8(7-10(11(9)17)26-15(18,19)20)25-13(22)23-12(21)24-14(25)4-2-1-3-5-14/h6-7H,1-5H2,(H4,21,22,23,24). The van der Waals surface area contributed by atoms with Crippen molar-refractivity contribution in [1.29, 1.82) is 0 Å². The molecule has 1 fully saturated rings. The monoisotopic (exact) mass is 409 g/mol. The molecule has 2 aliphatic rings. The number of nitrogens with two attached hydrogens (primary N) is 2. The maximum Gasteiger partial charge on any atom is 0.573 e. The molecule has 0 bridgehead atoms. The van der Waals surface area contributed by atoms with Crippen LogP contribution in [0.4, 0.5) is 18.9 Å². The topological polar surface area (TPSA) is 89.2 Å². The van der Waals surface area contributed by atoms with E-state index in [1.807, 2.05) is 0 Å². The van der Waals surface area contributed by atoms with Gasteiger partial charge in [-0.15, -0.1) is 13.2 Å². The molecule has 1 aliphatic heterocycles. The summed E-state index contributed by atoms with van der Waals surface area (Å²) in [6.45, 7) is 0. The predicted octanol–water partition coefficient (Wildman–Crippen LogP) is 4.00. The van der Waals surface area contributed by atoms with Gasteiger partial charge in [0.2, 0.25) is 11.9 Å². The SMILES string of the molecule is NC1=NC2(CCCCC2)N(c2cc(Cl)c(Cl)c(OC(F)(F)F)c2)C(N)=N1. The van der Waals surface area contributed by atoms with Gasteiger partial charge in [0.15, 0.2) is 5.75 Å². The Kier molecular flexibility index (Phi) is 4.87. The Morgan fingerprint density at radius 2 is 1.77 bits per heavy atom. The lowest BCUT2D eigenvalue weighted by Crippen LogP contribution is -2.58. The Hall–Kier alpha value is -1.87. The second kappa shape index (κ2) is 6.70. The molecule has 1 heterocycles. The maximum atomic E-state index is 12.7. The summed E-state index contributed by atoms with van der Waals surface area (Å²) in [5.41, 5.74) is 11.3.